The molecule has 0 saturated carbocycles. The molecule has 0 aliphatic heterocycles. The molecule has 0 aromatic carbocycles. The molecule has 4 nitrogen and oxygen atoms in total. The largest absolute Gasteiger partial charge is 0.401 e. The highest BCUT2D eigenvalue weighted by atomic mass is 19.4. The number of nitrogens with zero attached hydrogens (tertiary/aromatic N) is 1. The fraction of sp³-hybridized carbons (Fsp3) is 0.889. The summed E-state index contributed by atoms with van der Waals surface area (Å²) in [5.74, 6) is 4.50. The maximum absolute atomic E-state index is 12.1. The van der Waals surface area contributed by atoms with Crippen LogP contribution in [0, 0.1) is 0 Å². The van der Waals surface area contributed by atoms with Crippen LogP contribution in [-0.4, -0.2) is 36.6 Å². The molecule has 0 atom stereocenters. The van der Waals surface area contributed by atoms with E-state index in [0.717, 1.165) is 0 Å². The summed E-state index contributed by atoms with van der Waals surface area (Å²) in [5.41, 5.74) is 1.94. The third kappa shape index (κ3) is 8.49. The quantitative estimate of drug-likeness (QED) is 0.397. The summed E-state index contributed by atoms with van der Waals surface area (Å²) in [6, 6.07) is 0. The highest BCUT2D eigenvalue weighted by Crippen LogP contribution is 2.16. The second-order valence-corrected chi connectivity index (χ2v) is 3.56. The van der Waals surface area contributed by atoms with Gasteiger partial charge in [0.15, 0.2) is 0 Å². The molecular weight excluding hydrogens is 223 g/mol. The first-order valence-corrected chi connectivity index (χ1v) is 5.17. The van der Waals surface area contributed by atoms with E-state index < -0.39 is 12.7 Å². The lowest BCUT2D eigenvalue weighted by atomic mass is 10.2. The third-order valence-corrected chi connectivity index (χ3v) is 1.98. The number of alkyl halides is 3. The summed E-state index contributed by atoms with van der Waals surface area (Å²) in [6.07, 6.45) is -3.02. The molecule has 0 bridgehead atoms. The van der Waals surface area contributed by atoms with Crippen LogP contribution in [0.2, 0.25) is 0 Å². The molecule has 16 heavy (non-hydrogen) atoms. The highest BCUT2D eigenvalue weighted by Gasteiger charge is 2.30. The Kier molecular flexibility index (Phi) is 7.07. The lowest BCUT2D eigenvalue weighted by Gasteiger charge is -2.22. The number of carbonyl (C=O) groups excluding carboxylic acids is 1. The van der Waals surface area contributed by atoms with Gasteiger partial charge in [-0.05, 0) is 25.9 Å². The van der Waals surface area contributed by atoms with E-state index in [4.69, 9.17) is 5.84 Å². The number of rotatable bonds is 7. The van der Waals surface area contributed by atoms with Gasteiger partial charge in [-0.15, -0.1) is 0 Å². The second kappa shape index (κ2) is 7.45. The molecule has 0 saturated heterocycles. The fourth-order valence-electron chi connectivity index (χ4n) is 1.38. The maximum Gasteiger partial charge on any atom is 0.401 e. The van der Waals surface area contributed by atoms with E-state index in [-0.39, 0.29) is 18.9 Å². The van der Waals surface area contributed by atoms with Crippen LogP contribution in [0.15, 0.2) is 0 Å². The zero-order chi connectivity index (χ0) is 12.6. The minimum atomic E-state index is -4.19. The van der Waals surface area contributed by atoms with Crippen LogP contribution in [0.25, 0.3) is 0 Å². The van der Waals surface area contributed by atoms with E-state index >= 15 is 0 Å². The Hall–Kier alpha value is -0.820. The van der Waals surface area contributed by atoms with Gasteiger partial charge in [-0.2, -0.15) is 13.2 Å². The van der Waals surface area contributed by atoms with Crippen LogP contribution >= 0.6 is 0 Å². The number of nitrogens with two attached hydrogens (primary N) is 1. The minimum absolute atomic E-state index is 0.147. The summed E-state index contributed by atoms with van der Waals surface area (Å²) < 4.78 is 36.4. The van der Waals surface area contributed by atoms with E-state index in [9.17, 15) is 18.0 Å². The Bertz CT molecular complexity index is 209. The summed E-state index contributed by atoms with van der Waals surface area (Å²) >= 11 is 0. The van der Waals surface area contributed by atoms with Gasteiger partial charge in [0, 0.05) is 6.42 Å². The van der Waals surface area contributed by atoms with Crippen molar-refractivity contribution in [3.05, 3.63) is 0 Å². The number of hydrogen-bond donors (Lipinski definition) is 2. The van der Waals surface area contributed by atoms with E-state index in [2.05, 4.69) is 0 Å². The molecular formula is C9H18F3N3O. The fourth-order valence-corrected chi connectivity index (χ4v) is 1.38. The number of hydrazine groups is 1. The number of nitrogens with one attached hydrogen (secondary N) is 1. The van der Waals surface area contributed by atoms with Crippen LogP contribution in [0.1, 0.15) is 26.2 Å². The van der Waals surface area contributed by atoms with Gasteiger partial charge in [-0.25, -0.2) is 5.84 Å². The Balaban J connectivity index is 3.89. The number of hydrogen-bond acceptors (Lipinski definition) is 3. The summed E-state index contributed by atoms with van der Waals surface area (Å²) in [5, 5.41) is 0. The number of carbonyl (C=O) groups is 1. The molecule has 0 heterocycles. The van der Waals surface area contributed by atoms with Gasteiger partial charge >= 0.3 is 6.18 Å². The third-order valence-electron chi connectivity index (χ3n) is 1.98. The molecule has 0 aliphatic carbocycles. The summed E-state index contributed by atoms with van der Waals surface area (Å²) in [7, 11) is 0. The van der Waals surface area contributed by atoms with Crippen LogP contribution in [0.5, 0.6) is 0 Å². The monoisotopic (exact) mass is 241 g/mol. The van der Waals surface area contributed by atoms with Crippen molar-refractivity contribution in [3.8, 4) is 0 Å². The SMILES string of the molecule is CCCN(CCCC(=O)NN)CC(F)(F)F. The van der Waals surface area contributed by atoms with E-state index in [1.54, 1.807) is 0 Å². The zero-order valence-electron chi connectivity index (χ0n) is 9.31. The highest BCUT2D eigenvalue weighted by molar-refractivity contribution is 5.75. The van der Waals surface area contributed by atoms with Crippen molar-refractivity contribution in [3.63, 3.8) is 0 Å². The first-order valence-electron chi connectivity index (χ1n) is 5.17. The van der Waals surface area contributed by atoms with Crippen molar-refractivity contribution in [2.75, 3.05) is 19.6 Å². The van der Waals surface area contributed by atoms with Crippen LogP contribution < -0.4 is 11.3 Å². The molecule has 0 radical (unpaired) electrons. The molecule has 0 aromatic heterocycles. The van der Waals surface area contributed by atoms with Crippen molar-refractivity contribution >= 4 is 5.91 Å². The van der Waals surface area contributed by atoms with E-state index in [1.807, 2.05) is 12.3 Å². The van der Waals surface area contributed by atoms with E-state index in [0.29, 0.717) is 19.4 Å². The Labute approximate surface area is 92.9 Å². The predicted molar refractivity (Wildman–Crippen MR) is 54.4 cm³/mol. The van der Waals surface area contributed by atoms with Gasteiger partial charge in [-0.1, -0.05) is 6.92 Å². The molecule has 0 fully saturated rings. The average Bonchev–Trinajstić information content (AvgIpc) is 2.15. The average molecular weight is 241 g/mol. The topological polar surface area (TPSA) is 58.4 Å². The van der Waals surface area contributed by atoms with Crippen LogP contribution in [0.3, 0.4) is 0 Å². The van der Waals surface area contributed by atoms with Gasteiger partial charge in [0.05, 0.1) is 6.54 Å². The first-order chi connectivity index (χ1) is 7.39. The number of amides is 1. The molecule has 1 amide bonds. The molecule has 3 N–H and O–H groups in total. The zero-order valence-corrected chi connectivity index (χ0v) is 9.31. The Morgan fingerprint density at radius 3 is 2.44 bits per heavy atom. The first kappa shape index (κ1) is 15.2. The summed E-state index contributed by atoms with van der Waals surface area (Å²) in [4.78, 5) is 12.1. The van der Waals surface area contributed by atoms with Crippen molar-refractivity contribution < 1.29 is 18.0 Å². The standard InChI is InChI=1S/C9H18F3N3O/c1-2-5-15(7-9(10,11)12)6-3-4-8(16)14-13/h2-7,13H2,1H3,(H,14,16). The second-order valence-electron chi connectivity index (χ2n) is 3.56. The van der Waals surface area contributed by atoms with Gasteiger partial charge < -0.3 is 0 Å². The van der Waals surface area contributed by atoms with Crippen molar-refractivity contribution in [1.82, 2.24) is 10.3 Å². The van der Waals surface area contributed by atoms with Crippen molar-refractivity contribution in [2.45, 2.75) is 32.4 Å². The molecule has 0 aliphatic rings. The van der Waals surface area contributed by atoms with Gasteiger partial charge in [0.1, 0.15) is 0 Å². The van der Waals surface area contributed by atoms with E-state index in [1.165, 1.54) is 4.90 Å². The smallest absolute Gasteiger partial charge is 0.295 e. The Morgan fingerprint density at radius 2 is 2.00 bits per heavy atom. The molecule has 0 aromatic rings. The lowest BCUT2D eigenvalue weighted by Crippen LogP contribution is -2.36. The molecule has 0 spiro atoms. The number of halogens is 3. The Morgan fingerprint density at radius 1 is 1.38 bits per heavy atom. The molecule has 7 heteroatoms. The van der Waals surface area contributed by atoms with Gasteiger partial charge in [0.25, 0.3) is 0 Å². The predicted octanol–water partition coefficient (Wildman–Crippen LogP) is 1.03. The maximum atomic E-state index is 12.1. The molecule has 96 valence electrons. The lowest BCUT2D eigenvalue weighted by molar-refractivity contribution is -0.146. The van der Waals surface area contributed by atoms with Crippen LogP contribution in [-0.2, 0) is 4.79 Å². The molecule has 0 rings (SSSR count). The van der Waals surface area contributed by atoms with Crippen LogP contribution in [0.4, 0.5) is 13.2 Å². The normalized spacial score (nSPS) is 11.9. The van der Waals surface area contributed by atoms with Crippen molar-refractivity contribution in [1.29, 1.82) is 0 Å². The minimum Gasteiger partial charge on any atom is -0.295 e. The molecule has 0 unspecified atom stereocenters. The summed E-state index contributed by atoms with van der Waals surface area (Å²) in [6.45, 7) is 1.52. The van der Waals surface area contributed by atoms with Gasteiger partial charge in [-0.3, -0.25) is 15.1 Å². The van der Waals surface area contributed by atoms with Crippen molar-refractivity contribution in [2.24, 2.45) is 5.84 Å². The van der Waals surface area contributed by atoms with Gasteiger partial charge in [0.2, 0.25) is 5.91 Å².